The lowest BCUT2D eigenvalue weighted by atomic mass is 9.90. The number of nitrogens with zero attached hydrogens (tertiary/aromatic N) is 2. The van der Waals surface area contributed by atoms with Crippen molar-refractivity contribution in [1.29, 1.82) is 0 Å². The average Bonchev–Trinajstić information content (AvgIpc) is 3.10. The van der Waals surface area contributed by atoms with Crippen LogP contribution in [0.5, 0.6) is 5.75 Å². The highest BCUT2D eigenvalue weighted by atomic mass is 19.1. The summed E-state index contributed by atoms with van der Waals surface area (Å²) in [5.74, 6) is -0.531. The lowest BCUT2D eigenvalue weighted by molar-refractivity contribution is -0.141. The summed E-state index contributed by atoms with van der Waals surface area (Å²) in [6.07, 6.45) is 2.34. The minimum Gasteiger partial charge on any atom is -0.492 e. The Kier molecular flexibility index (Phi) is 6.67. The highest BCUT2D eigenvalue weighted by molar-refractivity contribution is 5.88. The van der Waals surface area contributed by atoms with Gasteiger partial charge in [-0.2, -0.15) is 0 Å². The number of carbonyl (C=O) groups is 2. The van der Waals surface area contributed by atoms with Crippen LogP contribution >= 0.6 is 0 Å². The van der Waals surface area contributed by atoms with Gasteiger partial charge in [-0.25, -0.2) is 9.18 Å². The molecule has 0 bridgehead atoms. The van der Waals surface area contributed by atoms with Crippen molar-refractivity contribution >= 4 is 22.8 Å². The number of hydrogen-bond acceptors (Lipinski definition) is 3. The van der Waals surface area contributed by atoms with Gasteiger partial charge in [0.15, 0.2) is 0 Å². The molecule has 33 heavy (non-hydrogen) atoms. The molecule has 174 valence electrons. The number of halogens is 1. The summed E-state index contributed by atoms with van der Waals surface area (Å²) in [4.78, 5) is 26.3. The van der Waals surface area contributed by atoms with Gasteiger partial charge in [-0.05, 0) is 61.6 Å². The number of para-hydroxylation sites is 1. The lowest BCUT2D eigenvalue weighted by Gasteiger charge is -2.34. The maximum absolute atomic E-state index is 14.2. The van der Waals surface area contributed by atoms with Crippen molar-refractivity contribution in [3.05, 3.63) is 65.6 Å². The molecule has 2 unspecified atom stereocenters. The molecule has 0 aliphatic heterocycles. The molecule has 2 aromatic carbocycles. The quantitative estimate of drug-likeness (QED) is 0.542. The molecule has 4 rings (SSSR count). The molecule has 1 aliphatic carbocycles. The fourth-order valence-corrected chi connectivity index (χ4v) is 5.01. The molecule has 0 saturated heterocycles. The lowest BCUT2D eigenvalue weighted by Crippen LogP contribution is -2.44. The molecule has 2 atom stereocenters. The van der Waals surface area contributed by atoms with Crippen molar-refractivity contribution < 1.29 is 23.8 Å². The smallest absolute Gasteiger partial charge is 0.326 e. The Bertz CT molecular complexity index is 1160. The number of hydrogen-bond donors (Lipinski definition) is 1. The first-order valence-electron chi connectivity index (χ1n) is 11.4. The number of amides is 1. The Labute approximate surface area is 192 Å². The van der Waals surface area contributed by atoms with E-state index in [1.54, 1.807) is 13.0 Å². The number of carboxylic acid groups (broad SMARTS) is 1. The van der Waals surface area contributed by atoms with E-state index in [4.69, 9.17) is 4.74 Å². The van der Waals surface area contributed by atoms with Gasteiger partial charge in [-0.15, -0.1) is 0 Å². The monoisotopic (exact) mass is 452 g/mol. The molecule has 3 aromatic rings. The molecular weight excluding hydrogens is 423 g/mol. The Hall–Kier alpha value is -3.35. The van der Waals surface area contributed by atoms with Gasteiger partial charge in [-0.3, -0.25) is 4.79 Å². The van der Waals surface area contributed by atoms with Crippen molar-refractivity contribution in [2.45, 2.75) is 51.6 Å². The first-order chi connectivity index (χ1) is 15.9. The first kappa shape index (κ1) is 22.8. The zero-order chi connectivity index (χ0) is 23.5. The van der Waals surface area contributed by atoms with E-state index in [9.17, 15) is 19.1 Å². The summed E-state index contributed by atoms with van der Waals surface area (Å²) < 4.78 is 21.8. The van der Waals surface area contributed by atoms with Crippen LogP contribution < -0.4 is 4.74 Å². The Morgan fingerprint density at radius 1 is 1.24 bits per heavy atom. The molecule has 1 N–H and O–H groups in total. The van der Waals surface area contributed by atoms with Crippen LogP contribution in [0.25, 0.3) is 10.9 Å². The molecule has 1 aromatic heterocycles. The van der Waals surface area contributed by atoms with Gasteiger partial charge in [0, 0.05) is 29.6 Å². The largest absolute Gasteiger partial charge is 0.492 e. The Morgan fingerprint density at radius 3 is 2.67 bits per heavy atom. The maximum atomic E-state index is 14.2. The van der Waals surface area contributed by atoms with E-state index in [2.05, 4.69) is 0 Å². The number of carbonyl (C=O) groups excluding carboxylic acids is 1. The average molecular weight is 453 g/mol. The van der Waals surface area contributed by atoms with E-state index in [-0.39, 0.29) is 17.8 Å². The fourth-order valence-electron chi connectivity index (χ4n) is 5.01. The molecule has 0 saturated carbocycles. The highest BCUT2D eigenvalue weighted by Gasteiger charge is 2.33. The topological polar surface area (TPSA) is 71.8 Å². The van der Waals surface area contributed by atoms with Gasteiger partial charge in [-0.1, -0.05) is 25.1 Å². The molecule has 0 spiro atoms. The zero-order valence-corrected chi connectivity index (χ0v) is 19.0. The first-order valence-corrected chi connectivity index (χ1v) is 11.4. The maximum Gasteiger partial charge on any atom is 0.326 e. The van der Waals surface area contributed by atoms with E-state index >= 15 is 0 Å². The fraction of sp³-hybridized carbons (Fsp3) is 0.385. The number of ether oxygens (including phenoxy) is 1. The van der Waals surface area contributed by atoms with Gasteiger partial charge < -0.3 is 19.3 Å². The normalized spacial score (nSPS) is 16.3. The number of rotatable bonds is 8. The summed E-state index contributed by atoms with van der Waals surface area (Å²) >= 11 is 0. The SMILES string of the molecule is CCC(C(=O)O)n1c2c(c3cc(F)ccc31)CC(N(CCOc1ccccc1)C(C)=O)CC2. The predicted molar refractivity (Wildman–Crippen MR) is 124 cm³/mol. The van der Waals surface area contributed by atoms with Crippen LogP contribution in [0.3, 0.4) is 0 Å². The molecule has 7 heteroatoms. The molecule has 0 fully saturated rings. The van der Waals surface area contributed by atoms with Crippen LogP contribution in [0.1, 0.15) is 44.0 Å². The Balaban J connectivity index is 1.62. The van der Waals surface area contributed by atoms with Gasteiger partial charge in [0.05, 0.1) is 6.54 Å². The van der Waals surface area contributed by atoms with Crippen LogP contribution in [-0.2, 0) is 22.4 Å². The number of aromatic nitrogens is 1. The second-order valence-corrected chi connectivity index (χ2v) is 8.49. The van der Waals surface area contributed by atoms with Crippen LogP contribution in [0, 0.1) is 5.82 Å². The molecule has 1 heterocycles. The van der Waals surface area contributed by atoms with Crippen molar-refractivity contribution in [1.82, 2.24) is 9.47 Å². The van der Waals surface area contributed by atoms with Gasteiger partial charge in [0.1, 0.15) is 24.2 Å². The summed E-state index contributed by atoms with van der Waals surface area (Å²) in [5, 5.41) is 10.5. The number of aliphatic carboxylic acids is 1. The van der Waals surface area contributed by atoms with E-state index in [1.165, 1.54) is 12.1 Å². The molecular formula is C26H29FN2O4. The third-order valence-corrected chi connectivity index (χ3v) is 6.51. The minimum absolute atomic E-state index is 0.0352. The van der Waals surface area contributed by atoms with E-state index in [0.717, 1.165) is 27.9 Å². The second kappa shape index (κ2) is 9.65. The second-order valence-electron chi connectivity index (χ2n) is 8.49. The molecule has 1 aliphatic rings. The van der Waals surface area contributed by atoms with Crippen LogP contribution in [0.2, 0.25) is 0 Å². The summed E-state index contributed by atoms with van der Waals surface area (Å²) in [7, 11) is 0. The number of benzene rings is 2. The highest BCUT2D eigenvalue weighted by Crippen LogP contribution is 2.37. The van der Waals surface area contributed by atoms with Crippen molar-refractivity contribution in [2.75, 3.05) is 13.2 Å². The zero-order valence-electron chi connectivity index (χ0n) is 19.0. The van der Waals surface area contributed by atoms with Crippen molar-refractivity contribution in [3.63, 3.8) is 0 Å². The van der Waals surface area contributed by atoms with Crippen molar-refractivity contribution in [3.8, 4) is 5.75 Å². The summed E-state index contributed by atoms with van der Waals surface area (Å²) in [6.45, 7) is 4.22. The minimum atomic E-state index is -0.896. The predicted octanol–water partition coefficient (Wildman–Crippen LogP) is 4.60. The van der Waals surface area contributed by atoms with E-state index < -0.39 is 12.0 Å². The number of carboxylic acids is 1. The molecule has 0 radical (unpaired) electrons. The van der Waals surface area contributed by atoms with E-state index in [0.29, 0.717) is 38.8 Å². The summed E-state index contributed by atoms with van der Waals surface area (Å²) in [6, 6.07) is 13.2. The third-order valence-electron chi connectivity index (χ3n) is 6.51. The van der Waals surface area contributed by atoms with Crippen LogP contribution in [-0.4, -0.2) is 45.6 Å². The summed E-state index contributed by atoms with van der Waals surface area (Å²) in [5.41, 5.74) is 2.61. The van der Waals surface area contributed by atoms with Gasteiger partial charge in [0.2, 0.25) is 5.91 Å². The molecule has 6 nitrogen and oxygen atoms in total. The Morgan fingerprint density at radius 2 is 2.00 bits per heavy atom. The van der Waals surface area contributed by atoms with Gasteiger partial charge in [0.25, 0.3) is 0 Å². The van der Waals surface area contributed by atoms with Crippen LogP contribution in [0.15, 0.2) is 48.5 Å². The van der Waals surface area contributed by atoms with Crippen molar-refractivity contribution in [2.24, 2.45) is 0 Å². The van der Waals surface area contributed by atoms with E-state index in [1.807, 2.05) is 46.7 Å². The third kappa shape index (κ3) is 4.58. The number of fused-ring (bicyclic) bond motifs is 3. The van der Waals surface area contributed by atoms with Gasteiger partial charge >= 0.3 is 5.97 Å². The van der Waals surface area contributed by atoms with Crippen LogP contribution in [0.4, 0.5) is 4.39 Å². The molecule has 1 amide bonds. The standard InChI is InChI=1S/C26H29FN2O4/c1-3-23(26(31)32)29-24-11-9-18(27)15-21(24)22-16-19(10-12-25(22)29)28(17(2)30)13-14-33-20-7-5-4-6-8-20/h4-9,11,15,19,23H,3,10,12-14,16H2,1-2H3,(H,31,32).